The largest absolute Gasteiger partial charge is 0.338 e. The third-order valence-electron chi connectivity index (χ3n) is 4.66. The van der Waals surface area contributed by atoms with Crippen molar-refractivity contribution in [2.75, 3.05) is 18.8 Å². The molecule has 4 rings (SSSR count). The second kappa shape index (κ2) is 7.14. The third-order valence-corrected chi connectivity index (χ3v) is 6.53. The van der Waals surface area contributed by atoms with E-state index in [9.17, 15) is 4.79 Å². The molecule has 0 aliphatic carbocycles. The molecule has 2 aromatic carbocycles. The molecule has 1 aromatic heterocycles. The van der Waals surface area contributed by atoms with Crippen LogP contribution in [0.15, 0.2) is 42.5 Å². The minimum absolute atomic E-state index is 0.0981. The zero-order valence-corrected chi connectivity index (χ0v) is 15.6. The molecule has 4 nitrogen and oxygen atoms in total. The number of rotatable bonds is 2. The zero-order valence-electron chi connectivity index (χ0n) is 14.0. The van der Waals surface area contributed by atoms with Gasteiger partial charge in [0.1, 0.15) is 11.0 Å². The standard InChI is InChI=1S/C19H19N3OS2/c1-13-4-2-3-5-15(13)18-8-9-22(10-11-24-18)19(23)14-6-7-16-17(12-14)21-25-20-16/h2-7,12,18H,8-11H2,1H3. The van der Waals surface area contributed by atoms with Crippen LogP contribution in [0.25, 0.3) is 11.0 Å². The fraction of sp³-hybridized carbons (Fsp3) is 0.316. The van der Waals surface area contributed by atoms with Crippen LogP contribution in [0.4, 0.5) is 0 Å². The van der Waals surface area contributed by atoms with E-state index in [1.807, 2.05) is 34.9 Å². The summed E-state index contributed by atoms with van der Waals surface area (Å²) in [6.07, 6.45) is 0.988. The number of amides is 1. The van der Waals surface area contributed by atoms with E-state index in [4.69, 9.17) is 0 Å². The number of aryl methyl sites for hydroxylation is 1. The Balaban J connectivity index is 1.50. The number of hydrogen-bond donors (Lipinski definition) is 0. The summed E-state index contributed by atoms with van der Waals surface area (Å²) in [4.78, 5) is 14.9. The SMILES string of the molecule is Cc1ccccc1C1CCN(C(=O)c2ccc3nsnc3c2)CCS1. The summed E-state index contributed by atoms with van der Waals surface area (Å²) >= 11 is 3.14. The Hall–Kier alpha value is -1.92. The molecule has 1 saturated heterocycles. The van der Waals surface area contributed by atoms with Crippen LogP contribution in [0.3, 0.4) is 0 Å². The zero-order chi connectivity index (χ0) is 17.2. The smallest absolute Gasteiger partial charge is 0.253 e. The van der Waals surface area contributed by atoms with Crippen molar-refractivity contribution in [1.82, 2.24) is 13.6 Å². The average molecular weight is 370 g/mol. The van der Waals surface area contributed by atoms with E-state index >= 15 is 0 Å². The minimum Gasteiger partial charge on any atom is -0.338 e. The number of thioether (sulfide) groups is 1. The molecule has 1 atom stereocenters. The van der Waals surface area contributed by atoms with Crippen molar-refractivity contribution < 1.29 is 4.79 Å². The third kappa shape index (κ3) is 3.41. The Morgan fingerprint density at radius 2 is 1.96 bits per heavy atom. The monoisotopic (exact) mass is 369 g/mol. The van der Waals surface area contributed by atoms with Crippen molar-refractivity contribution in [2.24, 2.45) is 0 Å². The predicted molar refractivity (Wildman–Crippen MR) is 104 cm³/mol. The maximum atomic E-state index is 12.9. The van der Waals surface area contributed by atoms with Crippen LogP contribution in [0.5, 0.6) is 0 Å². The molecule has 0 bridgehead atoms. The molecule has 1 fully saturated rings. The number of benzene rings is 2. The van der Waals surface area contributed by atoms with Gasteiger partial charge in [0.25, 0.3) is 5.91 Å². The van der Waals surface area contributed by atoms with Crippen LogP contribution in [0, 0.1) is 6.92 Å². The van der Waals surface area contributed by atoms with Crippen LogP contribution >= 0.6 is 23.5 Å². The number of carbonyl (C=O) groups excluding carboxylic acids is 1. The van der Waals surface area contributed by atoms with E-state index in [2.05, 4.69) is 39.9 Å². The molecule has 0 radical (unpaired) electrons. The second-order valence-electron chi connectivity index (χ2n) is 6.26. The van der Waals surface area contributed by atoms with Crippen molar-refractivity contribution in [3.05, 3.63) is 59.2 Å². The number of aromatic nitrogens is 2. The van der Waals surface area contributed by atoms with Gasteiger partial charge in [-0.3, -0.25) is 4.79 Å². The second-order valence-corrected chi connectivity index (χ2v) is 8.10. The van der Waals surface area contributed by atoms with Gasteiger partial charge in [-0.25, -0.2) is 0 Å². The van der Waals surface area contributed by atoms with Crippen molar-refractivity contribution in [1.29, 1.82) is 0 Å². The summed E-state index contributed by atoms with van der Waals surface area (Å²) in [5.74, 6) is 1.06. The van der Waals surface area contributed by atoms with Crippen LogP contribution in [0.2, 0.25) is 0 Å². The van der Waals surface area contributed by atoms with E-state index in [1.165, 1.54) is 22.9 Å². The number of carbonyl (C=O) groups is 1. The first-order chi connectivity index (χ1) is 12.2. The lowest BCUT2D eigenvalue weighted by molar-refractivity contribution is 0.0766. The van der Waals surface area contributed by atoms with Gasteiger partial charge in [-0.15, -0.1) is 0 Å². The first kappa shape index (κ1) is 16.5. The molecule has 0 spiro atoms. The molecule has 6 heteroatoms. The van der Waals surface area contributed by atoms with Crippen LogP contribution < -0.4 is 0 Å². The normalized spacial score (nSPS) is 18.3. The highest BCUT2D eigenvalue weighted by Crippen LogP contribution is 2.36. The number of nitrogens with zero attached hydrogens (tertiary/aromatic N) is 3. The quantitative estimate of drug-likeness (QED) is 0.675. The van der Waals surface area contributed by atoms with Gasteiger partial charge < -0.3 is 4.90 Å². The lowest BCUT2D eigenvalue weighted by Crippen LogP contribution is -2.32. The summed E-state index contributed by atoms with van der Waals surface area (Å²) in [6, 6.07) is 14.2. The highest BCUT2D eigenvalue weighted by molar-refractivity contribution is 7.99. The molecule has 1 amide bonds. The summed E-state index contributed by atoms with van der Waals surface area (Å²) in [6.45, 7) is 3.75. The molecule has 0 N–H and O–H groups in total. The lowest BCUT2D eigenvalue weighted by Gasteiger charge is -2.20. The molecular weight excluding hydrogens is 350 g/mol. The number of fused-ring (bicyclic) bond motifs is 1. The lowest BCUT2D eigenvalue weighted by atomic mass is 10.0. The predicted octanol–water partition coefficient (Wildman–Crippen LogP) is 4.32. The van der Waals surface area contributed by atoms with Gasteiger partial charge in [0.05, 0.1) is 11.7 Å². The van der Waals surface area contributed by atoms with Gasteiger partial charge in [-0.2, -0.15) is 20.5 Å². The van der Waals surface area contributed by atoms with Crippen LogP contribution in [-0.4, -0.2) is 38.4 Å². The summed E-state index contributed by atoms with van der Waals surface area (Å²) in [7, 11) is 0. The Morgan fingerprint density at radius 1 is 1.12 bits per heavy atom. The van der Waals surface area contributed by atoms with Crippen molar-refractivity contribution in [2.45, 2.75) is 18.6 Å². The van der Waals surface area contributed by atoms with E-state index in [0.717, 1.165) is 36.3 Å². The summed E-state index contributed by atoms with van der Waals surface area (Å²) in [5, 5.41) is 0.462. The molecular formula is C19H19N3OS2. The first-order valence-corrected chi connectivity index (χ1v) is 10.2. The molecule has 1 aliphatic rings. The highest BCUT2D eigenvalue weighted by atomic mass is 32.2. The Labute approximate surface area is 155 Å². The molecule has 25 heavy (non-hydrogen) atoms. The van der Waals surface area contributed by atoms with E-state index in [1.54, 1.807) is 0 Å². The van der Waals surface area contributed by atoms with Crippen molar-refractivity contribution in [3.63, 3.8) is 0 Å². The van der Waals surface area contributed by atoms with E-state index < -0.39 is 0 Å². The first-order valence-electron chi connectivity index (χ1n) is 8.41. The maximum Gasteiger partial charge on any atom is 0.253 e. The molecule has 3 aromatic rings. The van der Waals surface area contributed by atoms with Gasteiger partial charge in [-0.05, 0) is 42.7 Å². The van der Waals surface area contributed by atoms with Crippen molar-refractivity contribution in [3.8, 4) is 0 Å². The average Bonchev–Trinajstić information content (AvgIpc) is 2.97. The topological polar surface area (TPSA) is 46.1 Å². The Bertz CT molecular complexity index is 908. The molecule has 0 saturated carbocycles. The fourth-order valence-corrected chi connectivity index (χ4v) is 5.11. The van der Waals surface area contributed by atoms with Gasteiger partial charge in [-0.1, -0.05) is 24.3 Å². The highest BCUT2D eigenvalue weighted by Gasteiger charge is 2.23. The molecule has 1 aliphatic heterocycles. The Kier molecular flexibility index (Phi) is 4.72. The Morgan fingerprint density at radius 3 is 2.84 bits per heavy atom. The molecule has 128 valence electrons. The summed E-state index contributed by atoms with van der Waals surface area (Å²) < 4.78 is 8.44. The van der Waals surface area contributed by atoms with E-state index in [0.29, 0.717) is 10.8 Å². The minimum atomic E-state index is 0.0981. The van der Waals surface area contributed by atoms with Crippen LogP contribution in [-0.2, 0) is 0 Å². The molecule has 1 unspecified atom stereocenters. The van der Waals surface area contributed by atoms with Crippen molar-refractivity contribution >= 4 is 40.4 Å². The van der Waals surface area contributed by atoms with Gasteiger partial charge in [0.2, 0.25) is 0 Å². The summed E-state index contributed by atoms with van der Waals surface area (Å²) in [5.41, 5.74) is 5.10. The van der Waals surface area contributed by atoms with E-state index in [-0.39, 0.29) is 5.91 Å². The molecule has 2 heterocycles. The number of hydrogen-bond acceptors (Lipinski definition) is 5. The van der Waals surface area contributed by atoms with Crippen LogP contribution in [0.1, 0.15) is 33.2 Å². The van der Waals surface area contributed by atoms with Gasteiger partial charge >= 0.3 is 0 Å². The van der Waals surface area contributed by atoms with Gasteiger partial charge in [0, 0.05) is 29.7 Å². The maximum absolute atomic E-state index is 12.9. The van der Waals surface area contributed by atoms with Gasteiger partial charge in [0.15, 0.2) is 0 Å². The fourth-order valence-electron chi connectivity index (χ4n) is 3.27.